The molecule has 2 amide bonds. The zero-order valence-electron chi connectivity index (χ0n) is 17.8. The smallest absolute Gasteiger partial charge is 0.338 e. The van der Waals surface area contributed by atoms with E-state index in [0.29, 0.717) is 23.3 Å². The molecule has 1 heterocycles. The molecule has 0 aromatic heterocycles. The molecular weight excluding hydrogens is 390 g/mol. The third-order valence-electron chi connectivity index (χ3n) is 5.63. The molecule has 0 saturated heterocycles. The Kier molecular flexibility index (Phi) is 5.42. The van der Waals surface area contributed by atoms with Crippen LogP contribution < -0.4 is 0 Å². The van der Waals surface area contributed by atoms with Crippen molar-refractivity contribution < 1.29 is 19.1 Å². The molecule has 0 radical (unpaired) electrons. The number of amides is 2. The zero-order chi connectivity index (χ0) is 22.1. The fourth-order valence-electron chi connectivity index (χ4n) is 3.83. The van der Waals surface area contributed by atoms with Crippen LogP contribution in [-0.2, 0) is 11.3 Å². The first-order valence-corrected chi connectivity index (χ1v) is 10.2. The molecule has 1 aliphatic heterocycles. The number of carbonyl (C=O) groups is 3. The first kappa shape index (κ1) is 20.5. The quantitative estimate of drug-likeness (QED) is 0.439. The SMILES string of the molecule is CCOC(=O)c1ccc(-c2cc(C)c(C)cc2CN2C(=O)c3ccccc3C2=O)cc1. The van der Waals surface area contributed by atoms with E-state index in [1.165, 1.54) is 4.90 Å². The molecule has 0 spiro atoms. The predicted molar refractivity (Wildman–Crippen MR) is 118 cm³/mol. The predicted octanol–water partition coefficient (Wildman–Crippen LogP) is 4.94. The fourth-order valence-corrected chi connectivity index (χ4v) is 3.83. The van der Waals surface area contributed by atoms with E-state index in [4.69, 9.17) is 4.74 Å². The molecule has 156 valence electrons. The van der Waals surface area contributed by atoms with Gasteiger partial charge in [0.05, 0.1) is 29.8 Å². The lowest BCUT2D eigenvalue weighted by Crippen LogP contribution is -2.29. The van der Waals surface area contributed by atoms with Gasteiger partial charge in [0, 0.05) is 0 Å². The maximum Gasteiger partial charge on any atom is 0.338 e. The molecule has 3 aromatic rings. The summed E-state index contributed by atoms with van der Waals surface area (Å²) in [6, 6.07) is 18.2. The van der Waals surface area contributed by atoms with Gasteiger partial charge in [0.15, 0.2) is 0 Å². The highest BCUT2D eigenvalue weighted by Gasteiger charge is 2.35. The maximum absolute atomic E-state index is 12.8. The van der Waals surface area contributed by atoms with Crippen LogP contribution in [0.25, 0.3) is 11.1 Å². The Morgan fingerprint density at radius 2 is 1.42 bits per heavy atom. The van der Waals surface area contributed by atoms with Crippen molar-refractivity contribution in [2.24, 2.45) is 0 Å². The van der Waals surface area contributed by atoms with Gasteiger partial charge in [-0.15, -0.1) is 0 Å². The van der Waals surface area contributed by atoms with Crippen molar-refractivity contribution in [3.8, 4) is 11.1 Å². The fraction of sp³-hybridized carbons (Fsp3) is 0.192. The van der Waals surface area contributed by atoms with Crippen LogP contribution in [-0.4, -0.2) is 29.3 Å². The summed E-state index contributed by atoms with van der Waals surface area (Å²) in [6.45, 7) is 6.31. The summed E-state index contributed by atoms with van der Waals surface area (Å²) < 4.78 is 5.05. The largest absolute Gasteiger partial charge is 0.462 e. The van der Waals surface area contributed by atoms with Crippen molar-refractivity contribution >= 4 is 17.8 Å². The number of esters is 1. The van der Waals surface area contributed by atoms with Crippen LogP contribution in [0, 0.1) is 13.8 Å². The average Bonchev–Trinajstić information content (AvgIpc) is 3.01. The number of hydrogen-bond donors (Lipinski definition) is 0. The number of hydrogen-bond acceptors (Lipinski definition) is 4. The van der Waals surface area contributed by atoms with Gasteiger partial charge in [-0.2, -0.15) is 0 Å². The van der Waals surface area contributed by atoms with Crippen molar-refractivity contribution in [1.29, 1.82) is 0 Å². The maximum atomic E-state index is 12.8. The summed E-state index contributed by atoms with van der Waals surface area (Å²) in [6.07, 6.45) is 0. The van der Waals surface area contributed by atoms with Gasteiger partial charge in [0.1, 0.15) is 0 Å². The number of fused-ring (bicyclic) bond motifs is 1. The highest BCUT2D eigenvalue weighted by Crippen LogP contribution is 2.31. The minimum Gasteiger partial charge on any atom is -0.462 e. The van der Waals surface area contributed by atoms with E-state index in [0.717, 1.165) is 27.8 Å². The first-order valence-electron chi connectivity index (χ1n) is 10.2. The molecule has 0 aliphatic carbocycles. The van der Waals surface area contributed by atoms with Gasteiger partial charge in [-0.3, -0.25) is 14.5 Å². The second-order valence-electron chi connectivity index (χ2n) is 7.63. The van der Waals surface area contributed by atoms with Crippen LogP contribution in [0.3, 0.4) is 0 Å². The van der Waals surface area contributed by atoms with Crippen LogP contribution >= 0.6 is 0 Å². The highest BCUT2D eigenvalue weighted by molar-refractivity contribution is 6.21. The van der Waals surface area contributed by atoms with Crippen molar-refractivity contribution in [2.45, 2.75) is 27.3 Å². The lowest BCUT2D eigenvalue weighted by Gasteiger charge is -2.19. The molecule has 0 fully saturated rings. The third kappa shape index (κ3) is 3.75. The lowest BCUT2D eigenvalue weighted by atomic mass is 9.94. The van der Waals surface area contributed by atoms with Gasteiger partial charge in [0.2, 0.25) is 0 Å². The van der Waals surface area contributed by atoms with E-state index in [1.54, 1.807) is 43.3 Å². The summed E-state index contributed by atoms with van der Waals surface area (Å²) in [7, 11) is 0. The Hall–Kier alpha value is -3.73. The summed E-state index contributed by atoms with van der Waals surface area (Å²) in [5, 5.41) is 0. The minimum atomic E-state index is -0.361. The molecule has 31 heavy (non-hydrogen) atoms. The first-order chi connectivity index (χ1) is 14.9. The molecular formula is C26H23NO4. The van der Waals surface area contributed by atoms with Crippen LogP contribution in [0.15, 0.2) is 60.7 Å². The second-order valence-corrected chi connectivity index (χ2v) is 7.63. The summed E-state index contributed by atoms with van der Waals surface area (Å²) in [4.78, 5) is 39.0. The molecule has 0 bridgehead atoms. The standard InChI is InChI=1S/C26H23NO4/c1-4-31-26(30)19-11-9-18(10-12-19)23-14-17(3)16(2)13-20(23)15-27-24(28)21-7-5-6-8-22(21)25(27)29/h5-14H,4,15H2,1-3H3. The van der Waals surface area contributed by atoms with Gasteiger partial charge >= 0.3 is 5.97 Å². The summed E-state index contributed by atoms with van der Waals surface area (Å²) >= 11 is 0. The van der Waals surface area contributed by atoms with E-state index in [2.05, 4.69) is 6.07 Å². The van der Waals surface area contributed by atoms with Crippen molar-refractivity contribution in [3.63, 3.8) is 0 Å². The highest BCUT2D eigenvalue weighted by atomic mass is 16.5. The molecule has 5 nitrogen and oxygen atoms in total. The number of benzene rings is 3. The molecule has 1 aliphatic rings. The number of carbonyl (C=O) groups excluding carboxylic acids is 3. The van der Waals surface area contributed by atoms with Crippen molar-refractivity contribution in [1.82, 2.24) is 4.90 Å². The van der Waals surface area contributed by atoms with Crippen LogP contribution in [0.1, 0.15) is 54.7 Å². The number of imide groups is 1. The summed E-state index contributed by atoms with van der Waals surface area (Å²) in [5.74, 6) is -0.912. The average molecular weight is 413 g/mol. The third-order valence-corrected chi connectivity index (χ3v) is 5.63. The molecule has 0 unspecified atom stereocenters. The van der Waals surface area contributed by atoms with E-state index in [-0.39, 0.29) is 24.3 Å². The molecule has 4 rings (SSSR count). The van der Waals surface area contributed by atoms with Gasteiger partial charge in [-0.05, 0) is 72.9 Å². The molecule has 0 atom stereocenters. The number of ether oxygens (including phenoxy) is 1. The lowest BCUT2D eigenvalue weighted by molar-refractivity contribution is 0.0525. The minimum absolute atomic E-state index is 0.183. The Balaban J connectivity index is 1.70. The molecule has 0 saturated carbocycles. The number of aryl methyl sites for hydroxylation is 2. The van der Waals surface area contributed by atoms with E-state index in [1.807, 2.05) is 32.0 Å². The van der Waals surface area contributed by atoms with Crippen LogP contribution in [0.5, 0.6) is 0 Å². The number of rotatable bonds is 5. The molecule has 3 aromatic carbocycles. The van der Waals surface area contributed by atoms with Crippen molar-refractivity contribution in [2.75, 3.05) is 6.61 Å². The Morgan fingerprint density at radius 1 is 0.839 bits per heavy atom. The van der Waals surface area contributed by atoms with E-state index in [9.17, 15) is 14.4 Å². The monoisotopic (exact) mass is 413 g/mol. The Bertz CT molecular complexity index is 1160. The zero-order valence-corrected chi connectivity index (χ0v) is 17.8. The Morgan fingerprint density at radius 3 is 2.00 bits per heavy atom. The van der Waals surface area contributed by atoms with Gasteiger partial charge in [-0.25, -0.2) is 4.79 Å². The summed E-state index contributed by atoms with van der Waals surface area (Å²) in [5.41, 5.74) is 6.26. The van der Waals surface area contributed by atoms with E-state index >= 15 is 0 Å². The second kappa shape index (κ2) is 8.19. The van der Waals surface area contributed by atoms with Gasteiger partial charge in [-0.1, -0.05) is 36.4 Å². The van der Waals surface area contributed by atoms with E-state index < -0.39 is 0 Å². The molecule has 0 N–H and O–H groups in total. The van der Waals surface area contributed by atoms with Crippen molar-refractivity contribution in [3.05, 3.63) is 94.0 Å². The molecule has 5 heteroatoms. The Labute approximate surface area is 181 Å². The van der Waals surface area contributed by atoms with Crippen LogP contribution in [0.2, 0.25) is 0 Å². The van der Waals surface area contributed by atoms with Gasteiger partial charge in [0.25, 0.3) is 11.8 Å². The topological polar surface area (TPSA) is 63.7 Å². The van der Waals surface area contributed by atoms with Gasteiger partial charge < -0.3 is 4.74 Å². The van der Waals surface area contributed by atoms with Crippen LogP contribution in [0.4, 0.5) is 0 Å². The number of nitrogens with zero attached hydrogens (tertiary/aromatic N) is 1. The normalized spacial score (nSPS) is 12.8.